The Morgan fingerprint density at radius 3 is 2.23 bits per heavy atom. The zero-order valence-corrected chi connectivity index (χ0v) is 16.1. The Morgan fingerprint density at radius 2 is 1.73 bits per heavy atom. The molecule has 1 aliphatic rings. The highest BCUT2D eigenvalue weighted by Gasteiger charge is 2.33. The summed E-state index contributed by atoms with van der Waals surface area (Å²) in [6, 6.07) is 5.69. The molecule has 0 atom stereocenters. The summed E-state index contributed by atoms with van der Waals surface area (Å²) in [5, 5.41) is 0. The Morgan fingerprint density at radius 1 is 1.15 bits per heavy atom. The van der Waals surface area contributed by atoms with E-state index in [4.69, 9.17) is 9.47 Å². The van der Waals surface area contributed by atoms with Crippen LogP contribution in [0.15, 0.2) is 29.2 Å². The van der Waals surface area contributed by atoms with Crippen LogP contribution < -0.4 is 0 Å². The van der Waals surface area contributed by atoms with E-state index in [0.29, 0.717) is 18.4 Å². The first-order valence-electron chi connectivity index (χ1n) is 8.73. The lowest BCUT2D eigenvalue weighted by Gasteiger charge is -2.30. The van der Waals surface area contributed by atoms with E-state index in [-0.39, 0.29) is 42.6 Å². The van der Waals surface area contributed by atoms with Gasteiger partial charge in [0.1, 0.15) is 0 Å². The highest BCUT2D eigenvalue weighted by Crippen LogP contribution is 2.25. The Balaban J connectivity index is 2.03. The minimum Gasteiger partial charge on any atom is -0.463 e. The second kappa shape index (κ2) is 8.64. The van der Waals surface area contributed by atoms with Crippen molar-refractivity contribution in [2.45, 2.75) is 44.6 Å². The van der Waals surface area contributed by atoms with Gasteiger partial charge in [-0.05, 0) is 57.9 Å². The van der Waals surface area contributed by atoms with Crippen LogP contribution in [0.25, 0.3) is 0 Å². The number of ether oxygens (including phenoxy) is 2. The summed E-state index contributed by atoms with van der Waals surface area (Å²) in [5.41, 5.74) is 0.306. The first-order valence-corrected chi connectivity index (χ1v) is 10.2. The number of benzene rings is 1. The van der Waals surface area contributed by atoms with Crippen molar-refractivity contribution in [2.24, 2.45) is 5.92 Å². The molecule has 26 heavy (non-hydrogen) atoms. The van der Waals surface area contributed by atoms with Gasteiger partial charge in [-0.3, -0.25) is 4.79 Å². The van der Waals surface area contributed by atoms with Crippen LogP contribution in [0.4, 0.5) is 0 Å². The molecule has 0 amide bonds. The van der Waals surface area contributed by atoms with Crippen LogP contribution in [0.5, 0.6) is 0 Å². The predicted molar refractivity (Wildman–Crippen MR) is 95.1 cm³/mol. The summed E-state index contributed by atoms with van der Waals surface area (Å²) >= 11 is 0. The van der Waals surface area contributed by atoms with Crippen LogP contribution in [0.1, 0.15) is 44.0 Å². The number of nitrogens with zero attached hydrogens (tertiary/aromatic N) is 1. The monoisotopic (exact) mass is 383 g/mol. The van der Waals surface area contributed by atoms with E-state index in [1.165, 1.54) is 28.6 Å². The van der Waals surface area contributed by atoms with Gasteiger partial charge in [0, 0.05) is 13.1 Å². The lowest BCUT2D eigenvalue weighted by atomic mass is 9.98. The van der Waals surface area contributed by atoms with E-state index in [9.17, 15) is 18.0 Å². The maximum atomic E-state index is 12.7. The molecule has 0 bridgehead atoms. The molecule has 0 spiro atoms. The first kappa shape index (κ1) is 20.4. The largest absolute Gasteiger partial charge is 0.463 e. The summed E-state index contributed by atoms with van der Waals surface area (Å²) in [4.78, 5) is 23.7. The van der Waals surface area contributed by atoms with E-state index < -0.39 is 16.0 Å². The van der Waals surface area contributed by atoms with Crippen LogP contribution in [-0.4, -0.2) is 50.5 Å². The Kier molecular flexibility index (Phi) is 6.77. The molecule has 0 aliphatic carbocycles. The predicted octanol–water partition coefficient (Wildman–Crippen LogP) is 2.22. The average molecular weight is 383 g/mol. The van der Waals surface area contributed by atoms with Crippen LogP contribution in [0, 0.1) is 5.92 Å². The number of rotatable bonds is 6. The molecular formula is C18H25NO6S. The van der Waals surface area contributed by atoms with Crippen LogP contribution >= 0.6 is 0 Å². The normalized spacial score (nSPS) is 16.5. The van der Waals surface area contributed by atoms with Gasteiger partial charge in [0.25, 0.3) is 0 Å². The SMILES string of the molecule is CCOC(=O)c1ccc(S(=O)(=O)N2CCC(C(=O)OC(C)C)CC2)cc1. The number of piperidine rings is 1. The zero-order valence-electron chi connectivity index (χ0n) is 15.3. The quantitative estimate of drug-likeness (QED) is 0.700. The maximum Gasteiger partial charge on any atom is 0.338 e. The van der Waals surface area contributed by atoms with Gasteiger partial charge >= 0.3 is 11.9 Å². The molecule has 2 rings (SSSR count). The van der Waals surface area contributed by atoms with E-state index >= 15 is 0 Å². The third-order valence-corrected chi connectivity index (χ3v) is 6.06. The highest BCUT2D eigenvalue weighted by molar-refractivity contribution is 7.89. The second-order valence-corrected chi connectivity index (χ2v) is 8.35. The third-order valence-electron chi connectivity index (χ3n) is 4.14. The fourth-order valence-electron chi connectivity index (χ4n) is 2.79. The van der Waals surface area contributed by atoms with Gasteiger partial charge in [-0.25, -0.2) is 13.2 Å². The van der Waals surface area contributed by atoms with Crippen LogP contribution in [0.3, 0.4) is 0 Å². The molecular weight excluding hydrogens is 358 g/mol. The number of carbonyl (C=O) groups excluding carboxylic acids is 2. The molecule has 1 aliphatic heterocycles. The minimum absolute atomic E-state index is 0.119. The smallest absolute Gasteiger partial charge is 0.338 e. The first-order chi connectivity index (χ1) is 12.3. The molecule has 0 radical (unpaired) electrons. The van der Waals surface area contributed by atoms with Gasteiger partial charge in [-0.15, -0.1) is 0 Å². The van der Waals surface area contributed by atoms with E-state index in [2.05, 4.69) is 0 Å². The summed E-state index contributed by atoms with van der Waals surface area (Å²) in [6.07, 6.45) is 0.694. The van der Waals surface area contributed by atoms with Crippen molar-refractivity contribution in [1.29, 1.82) is 0 Å². The summed E-state index contributed by atoms with van der Waals surface area (Å²) in [7, 11) is -3.66. The van der Waals surface area contributed by atoms with Gasteiger partial charge in [0.15, 0.2) is 0 Å². The molecule has 0 unspecified atom stereocenters. The molecule has 1 saturated heterocycles. The van der Waals surface area contributed by atoms with Crippen molar-refractivity contribution in [1.82, 2.24) is 4.31 Å². The molecule has 7 nitrogen and oxygen atoms in total. The molecule has 1 aromatic rings. The molecule has 0 N–H and O–H groups in total. The van der Waals surface area contributed by atoms with Crippen LogP contribution in [-0.2, 0) is 24.3 Å². The Hall–Kier alpha value is -1.93. The number of hydrogen-bond acceptors (Lipinski definition) is 6. The molecule has 144 valence electrons. The Bertz CT molecular complexity index is 733. The standard InChI is InChI=1S/C18H25NO6S/c1-4-24-17(20)14-5-7-16(8-6-14)26(22,23)19-11-9-15(10-12-19)18(21)25-13(2)3/h5-8,13,15H,4,9-12H2,1-3H3. The summed E-state index contributed by atoms with van der Waals surface area (Å²) in [6.45, 7) is 6.07. The van der Waals surface area contributed by atoms with Gasteiger partial charge in [-0.2, -0.15) is 4.31 Å². The van der Waals surface area contributed by atoms with Crippen molar-refractivity contribution in [3.63, 3.8) is 0 Å². The van der Waals surface area contributed by atoms with Gasteiger partial charge in [0.05, 0.1) is 29.1 Å². The second-order valence-electron chi connectivity index (χ2n) is 6.41. The maximum absolute atomic E-state index is 12.7. The number of carbonyl (C=O) groups is 2. The molecule has 1 heterocycles. The minimum atomic E-state index is -3.66. The highest BCUT2D eigenvalue weighted by atomic mass is 32.2. The van der Waals surface area contributed by atoms with Gasteiger partial charge in [0.2, 0.25) is 10.0 Å². The van der Waals surface area contributed by atoms with Crippen molar-refractivity contribution in [2.75, 3.05) is 19.7 Å². The Labute approximate surface area is 154 Å². The van der Waals surface area contributed by atoms with E-state index in [1.54, 1.807) is 20.8 Å². The van der Waals surface area contributed by atoms with Gasteiger partial charge < -0.3 is 9.47 Å². The van der Waals surface area contributed by atoms with Crippen molar-refractivity contribution < 1.29 is 27.5 Å². The lowest BCUT2D eigenvalue weighted by molar-refractivity contribution is -0.153. The number of esters is 2. The van der Waals surface area contributed by atoms with Crippen molar-refractivity contribution in [3.8, 4) is 0 Å². The molecule has 0 aromatic heterocycles. The van der Waals surface area contributed by atoms with E-state index in [0.717, 1.165) is 0 Å². The zero-order chi connectivity index (χ0) is 19.3. The lowest BCUT2D eigenvalue weighted by Crippen LogP contribution is -2.40. The van der Waals surface area contributed by atoms with Gasteiger partial charge in [-0.1, -0.05) is 0 Å². The van der Waals surface area contributed by atoms with Crippen molar-refractivity contribution in [3.05, 3.63) is 29.8 Å². The molecule has 1 aromatic carbocycles. The molecule has 0 saturated carbocycles. The van der Waals surface area contributed by atoms with Crippen LogP contribution in [0.2, 0.25) is 0 Å². The third kappa shape index (κ3) is 4.82. The summed E-state index contributed by atoms with van der Waals surface area (Å²) < 4.78 is 36.9. The van der Waals surface area contributed by atoms with E-state index in [1.807, 2.05) is 0 Å². The molecule has 1 fully saturated rings. The number of sulfonamides is 1. The fourth-order valence-corrected chi connectivity index (χ4v) is 4.26. The topological polar surface area (TPSA) is 90.0 Å². The average Bonchev–Trinajstić information content (AvgIpc) is 2.61. The summed E-state index contributed by atoms with van der Waals surface area (Å²) in [5.74, 6) is -1.02. The molecule has 8 heteroatoms. The van der Waals surface area contributed by atoms with Crippen molar-refractivity contribution >= 4 is 22.0 Å². The number of hydrogen-bond donors (Lipinski definition) is 0. The fraction of sp³-hybridized carbons (Fsp3) is 0.556.